The largest absolute Gasteiger partial charge is 0.469 e. The van der Waals surface area contributed by atoms with Gasteiger partial charge in [0.05, 0.1) is 7.11 Å². The van der Waals surface area contributed by atoms with Crippen LogP contribution in [0.1, 0.15) is 25.7 Å². The number of ketones is 1. The molecule has 0 N–H and O–H groups in total. The van der Waals surface area contributed by atoms with Gasteiger partial charge in [-0.05, 0) is 25.9 Å². The Labute approximate surface area is 84.2 Å². The van der Waals surface area contributed by atoms with Crippen LogP contribution < -0.4 is 0 Å². The molecular formula is C10H17NO3. The van der Waals surface area contributed by atoms with Gasteiger partial charge in [-0.1, -0.05) is 0 Å². The quantitative estimate of drug-likeness (QED) is 0.480. The summed E-state index contributed by atoms with van der Waals surface area (Å²) in [6.07, 6.45) is 2.84. The summed E-state index contributed by atoms with van der Waals surface area (Å²) in [6.45, 7) is 2.97. The lowest BCUT2D eigenvalue weighted by atomic mass is 10.2. The molecule has 1 heterocycles. The molecule has 0 amide bonds. The van der Waals surface area contributed by atoms with E-state index in [0.29, 0.717) is 6.42 Å². The zero-order chi connectivity index (χ0) is 10.4. The molecule has 1 rings (SSSR count). The number of likely N-dealkylation sites (tertiary alicyclic amines) is 1. The van der Waals surface area contributed by atoms with Gasteiger partial charge in [0.25, 0.3) is 0 Å². The lowest BCUT2D eigenvalue weighted by Crippen LogP contribution is -2.23. The van der Waals surface area contributed by atoms with Gasteiger partial charge < -0.3 is 9.64 Å². The van der Waals surface area contributed by atoms with Crippen LogP contribution in [0, 0.1) is 0 Å². The van der Waals surface area contributed by atoms with Crippen molar-refractivity contribution in [2.45, 2.75) is 25.7 Å². The van der Waals surface area contributed by atoms with E-state index in [1.54, 1.807) is 0 Å². The summed E-state index contributed by atoms with van der Waals surface area (Å²) in [5, 5.41) is 0. The summed E-state index contributed by atoms with van der Waals surface area (Å²) < 4.78 is 4.42. The maximum Gasteiger partial charge on any atom is 0.313 e. The van der Waals surface area contributed by atoms with Crippen molar-refractivity contribution in [1.29, 1.82) is 0 Å². The van der Waals surface area contributed by atoms with Crippen molar-refractivity contribution in [3.8, 4) is 0 Å². The monoisotopic (exact) mass is 199 g/mol. The number of carbonyl (C=O) groups is 2. The van der Waals surface area contributed by atoms with Gasteiger partial charge in [0.2, 0.25) is 0 Å². The molecule has 0 aromatic heterocycles. The molecule has 0 aromatic carbocycles. The third-order valence-corrected chi connectivity index (χ3v) is 2.47. The van der Waals surface area contributed by atoms with Crippen molar-refractivity contribution in [3.05, 3.63) is 0 Å². The van der Waals surface area contributed by atoms with Crippen LogP contribution in [0.5, 0.6) is 0 Å². The molecule has 80 valence electrons. The average molecular weight is 199 g/mol. The maximum atomic E-state index is 11.2. The van der Waals surface area contributed by atoms with E-state index >= 15 is 0 Å². The summed E-state index contributed by atoms with van der Waals surface area (Å²) in [5.74, 6) is -0.458. The third-order valence-electron chi connectivity index (χ3n) is 2.47. The van der Waals surface area contributed by atoms with Crippen molar-refractivity contribution in [3.63, 3.8) is 0 Å². The minimum absolute atomic E-state index is 0.0243. The number of hydrogen-bond acceptors (Lipinski definition) is 4. The predicted molar refractivity (Wildman–Crippen MR) is 51.9 cm³/mol. The molecule has 14 heavy (non-hydrogen) atoms. The van der Waals surface area contributed by atoms with Crippen LogP contribution in [-0.2, 0) is 14.3 Å². The lowest BCUT2D eigenvalue weighted by Gasteiger charge is -2.12. The fourth-order valence-electron chi connectivity index (χ4n) is 1.61. The van der Waals surface area contributed by atoms with Gasteiger partial charge in [0, 0.05) is 13.0 Å². The molecule has 1 fully saturated rings. The van der Waals surface area contributed by atoms with Crippen LogP contribution in [0.2, 0.25) is 0 Å². The SMILES string of the molecule is COC(=O)CC(=O)CCN1CCCC1. The number of Topliss-reactive ketones (excluding diaryl/α,β-unsaturated/α-hetero) is 1. The lowest BCUT2D eigenvalue weighted by molar-refractivity contribution is -0.143. The first-order valence-electron chi connectivity index (χ1n) is 5.03. The van der Waals surface area contributed by atoms with Gasteiger partial charge in [0.15, 0.2) is 0 Å². The highest BCUT2D eigenvalue weighted by Gasteiger charge is 2.14. The maximum absolute atomic E-state index is 11.2. The Kier molecular flexibility index (Phi) is 4.59. The Balaban J connectivity index is 2.11. The number of carbonyl (C=O) groups excluding carboxylic acids is 2. The Morgan fingerprint density at radius 1 is 1.29 bits per heavy atom. The molecule has 0 unspecified atom stereocenters. The van der Waals surface area contributed by atoms with E-state index in [0.717, 1.165) is 19.6 Å². The highest BCUT2D eigenvalue weighted by molar-refractivity contribution is 5.95. The molecular weight excluding hydrogens is 182 g/mol. The van der Waals surface area contributed by atoms with Crippen LogP contribution >= 0.6 is 0 Å². The summed E-state index contributed by atoms with van der Waals surface area (Å²) in [4.78, 5) is 24.3. The second-order valence-electron chi connectivity index (χ2n) is 3.59. The number of rotatable bonds is 5. The van der Waals surface area contributed by atoms with Gasteiger partial charge >= 0.3 is 5.97 Å². The summed E-state index contributed by atoms with van der Waals surface area (Å²) in [6, 6.07) is 0. The smallest absolute Gasteiger partial charge is 0.313 e. The molecule has 1 aliphatic rings. The number of methoxy groups -OCH3 is 1. The molecule has 0 aromatic rings. The second kappa shape index (κ2) is 5.75. The van der Waals surface area contributed by atoms with Gasteiger partial charge in [0.1, 0.15) is 12.2 Å². The molecule has 0 radical (unpaired) electrons. The molecule has 0 aliphatic carbocycles. The molecule has 0 saturated carbocycles. The fraction of sp³-hybridized carbons (Fsp3) is 0.800. The number of esters is 1. The number of nitrogens with zero attached hydrogens (tertiary/aromatic N) is 1. The molecule has 4 heteroatoms. The zero-order valence-corrected chi connectivity index (χ0v) is 8.62. The fourth-order valence-corrected chi connectivity index (χ4v) is 1.61. The summed E-state index contributed by atoms with van der Waals surface area (Å²) in [5.41, 5.74) is 0. The zero-order valence-electron chi connectivity index (χ0n) is 8.62. The molecule has 0 spiro atoms. The van der Waals surface area contributed by atoms with Crippen molar-refractivity contribution in [1.82, 2.24) is 4.90 Å². The van der Waals surface area contributed by atoms with E-state index in [9.17, 15) is 9.59 Å². The van der Waals surface area contributed by atoms with Gasteiger partial charge in [-0.25, -0.2) is 0 Å². The van der Waals surface area contributed by atoms with Crippen LogP contribution in [-0.4, -0.2) is 43.4 Å². The first kappa shape index (κ1) is 11.2. The van der Waals surface area contributed by atoms with Crippen molar-refractivity contribution < 1.29 is 14.3 Å². The molecule has 0 atom stereocenters. The Morgan fingerprint density at radius 2 is 1.93 bits per heavy atom. The molecule has 1 aliphatic heterocycles. The normalized spacial score (nSPS) is 16.9. The van der Waals surface area contributed by atoms with E-state index in [1.165, 1.54) is 20.0 Å². The first-order chi connectivity index (χ1) is 6.72. The van der Waals surface area contributed by atoms with Gasteiger partial charge in [-0.3, -0.25) is 9.59 Å². The van der Waals surface area contributed by atoms with Gasteiger partial charge in [-0.15, -0.1) is 0 Å². The van der Waals surface area contributed by atoms with Crippen LogP contribution in [0.4, 0.5) is 0 Å². The van der Waals surface area contributed by atoms with Crippen LogP contribution in [0.25, 0.3) is 0 Å². The van der Waals surface area contributed by atoms with Crippen molar-refractivity contribution in [2.24, 2.45) is 0 Å². The van der Waals surface area contributed by atoms with E-state index in [2.05, 4.69) is 9.64 Å². The van der Waals surface area contributed by atoms with Crippen molar-refractivity contribution in [2.75, 3.05) is 26.7 Å². The Morgan fingerprint density at radius 3 is 2.50 bits per heavy atom. The third kappa shape index (κ3) is 3.87. The average Bonchev–Trinajstić information content (AvgIpc) is 2.67. The summed E-state index contributed by atoms with van der Waals surface area (Å²) >= 11 is 0. The standard InChI is InChI=1S/C10H17NO3/c1-14-10(13)8-9(12)4-7-11-5-2-3-6-11/h2-8H2,1H3. The highest BCUT2D eigenvalue weighted by atomic mass is 16.5. The van der Waals surface area contributed by atoms with E-state index < -0.39 is 5.97 Å². The first-order valence-corrected chi connectivity index (χ1v) is 5.03. The highest BCUT2D eigenvalue weighted by Crippen LogP contribution is 2.07. The Bertz CT molecular complexity index is 209. The Hall–Kier alpha value is -0.900. The van der Waals surface area contributed by atoms with E-state index in [-0.39, 0.29) is 12.2 Å². The minimum atomic E-state index is -0.434. The van der Waals surface area contributed by atoms with Gasteiger partial charge in [-0.2, -0.15) is 0 Å². The van der Waals surface area contributed by atoms with Crippen LogP contribution in [0.3, 0.4) is 0 Å². The van der Waals surface area contributed by atoms with Crippen LogP contribution in [0.15, 0.2) is 0 Å². The minimum Gasteiger partial charge on any atom is -0.469 e. The van der Waals surface area contributed by atoms with E-state index in [4.69, 9.17) is 0 Å². The van der Waals surface area contributed by atoms with E-state index in [1.807, 2.05) is 0 Å². The molecule has 4 nitrogen and oxygen atoms in total. The number of hydrogen-bond donors (Lipinski definition) is 0. The molecule has 0 bridgehead atoms. The predicted octanol–water partition coefficient (Wildman–Crippen LogP) is 0.605. The number of ether oxygens (including phenoxy) is 1. The van der Waals surface area contributed by atoms with Crippen molar-refractivity contribution >= 4 is 11.8 Å². The second-order valence-corrected chi connectivity index (χ2v) is 3.59. The summed E-state index contributed by atoms with van der Waals surface area (Å²) in [7, 11) is 1.30. The topological polar surface area (TPSA) is 46.6 Å². The molecule has 1 saturated heterocycles.